The van der Waals surface area contributed by atoms with E-state index in [-0.39, 0.29) is 28.9 Å². The molecule has 1 aliphatic rings. The number of alkyl halides is 3. The van der Waals surface area contributed by atoms with Gasteiger partial charge >= 0.3 is 21.6 Å². The normalized spacial score (nSPS) is 15.6. The second-order valence-electron chi connectivity index (χ2n) is 5.82. The molecular formula is C16H19F3N2O5S. The molecule has 0 spiro atoms. The average molecular weight is 408 g/mol. The summed E-state index contributed by atoms with van der Waals surface area (Å²) in [7, 11) is -6.03. The number of halogens is 3. The first-order valence-corrected chi connectivity index (χ1v) is 9.67. The Morgan fingerprint density at radius 2 is 1.93 bits per heavy atom. The first kappa shape index (κ1) is 21.0. The highest BCUT2D eigenvalue weighted by Crippen LogP contribution is 2.34. The van der Waals surface area contributed by atoms with Crippen LogP contribution in [0.1, 0.15) is 31.7 Å². The van der Waals surface area contributed by atoms with Crippen molar-refractivity contribution in [2.24, 2.45) is 0 Å². The molecule has 0 unspecified atom stereocenters. The van der Waals surface area contributed by atoms with Gasteiger partial charge in [-0.05, 0) is 31.4 Å². The Morgan fingerprint density at radius 1 is 1.26 bits per heavy atom. The van der Waals surface area contributed by atoms with E-state index in [1.54, 1.807) is 0 Å². The molecule has 0 aliphatic carbocycles. The first-order chi connectivity index (χ1) is 12.6. The lowest BCUT2D eigenvalue weighted by molar-refractivity contribution is -0.133. The van der Waals surface area contributed by atoms with Crippen LogP contribution in [0.4, 0.5) is 23.7 Å². The summed E-state index contributed by atoms with van der Waals surface area (Å²) < 4.78 is 67.5. The number of carbonyl (C=O) groups is 2. The quantitative estimate of drug-likeness (QED) is 0.748. The molecule has 7 nitrogen and oxygen atoms in total. The summed E-state index contributed by atoms with van der Waals surface area (Å²) in [5.41, 5.74) is -6.10. The molecule has 1 heterocycles. The summed E-state index contributed by atoms with van der Waals surface area (Å²) in [6.07, 6.45) is 0.0993. The fraction of sp³-hybridized carbons (Fsp3) is 0.500. The number of piperidine rings is 1. The van der Waals surface area contributed by atoms with Gasteiger partial charge in [0.1, 0.15) is 0 Å². The largest absolute Gasteiger partial charge is 0.517 e. The third-order valence-corrected chi connectivity index (χ3v) is 5.37. The number of carbonyl (C=O) groups excluding carboxylic acids is 2. The summed E-state index contributed by atoms with van der Waals surface area (Å²) in [5, 5.41) is 0. The maximum atomic E-state index is 13.1. The third kappa shape index (κ3) is 4.52. The average Bonchev–Trinajstić information content (AvgIpc) is 2.57. The number of rotatable bonds is 5. The second kappa shape index (κ2) is 8.15. The molecule has 0 saturated carbocycles. The van der Waals surface area contributed by atoms with E-state index >= 15 is 0 Å². The van der Waals surface area contributed by atoms with Crippen LogP contribution in [0.3, 0.4) is 0 Å². The fourth-order valence-electron chi connectivity index (χ4n) is 2.69. The maximum absolute atomic E-state index is 13.1. The maximum Gasteiger partial charge on any atom is 0.517 e. The van der Waals surface area contributed by atoms with Crippen LogP contribution in [0.5, 0.6) is 0 Å². The summed E-state index contributed by atoms with van der Waals surface area (Å²) in [6, 6.07) is 5.23. The van der Waals surface area contributed by atoms with E-state index in [0.717, 1.165) is 12.5 Å². The van der Waals surface area contributed by atoms with Crippen LogP contribution in [-0.2, 0) is 26.1 Å². The number of sulfonamides is 1. The lowest BCUT2D eigenvalue weighted by Crippen LogP contribution is -2.45. The molecule has 2 amide bonds. The van der Waals surface area contributed by atoms with Gasteiger partial charge in [-0.1, -0.05) is 18.2 Å². The summed E-state index contributed by atoms with van der Waals surface area (Å²) in [4.78, 5) is 25.5. The van der Waals surface area contributed by atoms with Gasteiger partial charge in [-0.15, -0.1) is 0 Å². The smallest absolute Gasteiger partial charge is 0.449 e. The lowest BCUT2D eigenvalue weighted by atomic mass is 10.1. The number of hydrogen-bond acceptors (Lipinski definition) is 5. The first-order valence-electron chi connectivity index (χ1n) is 8.23. The Balaban J connectivity index is 2.50. The van der Waals surface area contributed by atoms with Crippen molar-refractivity contribution in [3.63, 3.8) is 0 Å². The van der Waals surface area contributed by atoms with Gasteiger partial charge in [0.15, 0.2) is 0 Å². The van der Waals surface area contributed by atoms with E-state index < -0.39 is 27.3 Å². The second-order valence-corrected chi connectivity index (χ2v) is 7.59. The van der Waals surface area contributed by atoms with Gasteiger partial charge in [-0.3, -0.25) is 4.79 Å². The van der Waals surface area contributed by atoms with Crippen molar-refractivity contribution in [2.75, 3.05) is 17.5 Å². The number of anilines is 1. The van der Waals surface area contributed by atoms with Crippen LogP contribution in [0.25, 0.3) is 0 Å². The van der Waals surface area contributed by atoms with Gasteiger partial charge < -0.3 is 9.64 Å². The molecular weight excluding hydrogens is 389 g/mol. The van der Waals surface area contributed by atoms with Crippen LogP contribution in [-0.4, -0.2) is 44.0 Å². The van der Waals surface area contributed by atoms with Crippen molar-refractivity contribution in [3.05, 3.63) is 29.8 Å². The molecule has 0 N–H and O–H groups in total. The Hall–Kier alpha value is -2.30. The van der Waals surface area contributed by atoms with E-state index in [2.05, 4.69) is 4.74 Å². The fourth-order valence-corrected chi connectivity index (χ4v) is 3.58. The van der Waals surface area contributed by atoms with Crippen molar-refractivity contribution >= 4 is 27.7 Å². The monoisotopic (exact) mass is 408 g/mol. The highest BCUT2D eigenvalue weighted by atomic mass is 32.2. The summed E-state index contributed by atoms with van der Waals surface area (Å²) in [6.45, 7) is 1.32. The number of likely N-dealkylation sites (tertiary alicyclic amines) is 1. The third-order valence-electron chi connectivity index (χ3n) is 3.96. The van der Waals surface area contributed by atoms with E-state index in [1.807, 2.05) is 0 Å². The van der Waals surface area contributed by atoms with Crippen LogP contribution >= 0.6 is 0 Å². The van der Waals surface area contributed by atoms with Crippen LogP contribution in [0.15, 0.2) is 24.3 Å². The lowest BCUT2D eigenvalue weighted by Gasteiger charge is -2.29. The van der Waals surface area contributed by atoms with Gasteiger partial charge in [0.05, 0.1) is 12.3 Å². The molecule has 1 aromatic carbocycles. The highest BCUT2D eigenvalue weighted by molar-refractivity contribution is 7.94. The van der Waals surface area contributed by atoms with E-state index in [4.69, 9.17) is 0 Å². The van der Waals surface area contributed by atoms with Crippen molar-refractivity contribution in [1.29, 1.82) is 0 Å². The molecule has 1 aliphatic heterocycles. The number of benzene rings is 1. The number of amides is 2. The minimum Gasteiger partial charge on any atom is -0.449 e. The molecule has 0 radical (unpaired) electrons. The van der Waals surface area contributed by atoms with E-state index in [0.29, 0.717) is 19.4 Å². The van der Waals surface area contributed by atoms with Gasteiger partial charge in [-0.2, -0.15) is 25.9 Å². The molecule has 0 atom stereocenters. The topological polar surface area (TPSA) is 84.0 Å². The predicted molar refractivity (Wildman–Crippen MR) is 90.2 cm³/mol. The minimum absolute atomic E-state index is 0.0913. The SMILES string of the molecule is CCOC(=O)N(c1ccccc1CN1CCCCC1=O)S(=O)(=O)C(F)(F)F. The zero-order valence-electron chi connectivity index (χ0n) is 14.5. The molecule has 11 heteroatoms. The van der Waals surface area contributed by atoms with Crippen molar-refractivity contribution in [1.82, 2.24) is 4.90 Å². The number of para-hydroxylation sites is 1. The van der Waals surface area contributed by atoms with Gasteiger partial charge in [0, 0.05) is 19.5 Å². The number of nitrogens with zero attached hydrogens (tertiary/aromatic N) is 2. The zero-order valence-corrected chi connectivity index (χ0v) is 15.3. The minimum atomic E-state index is -6.03. The number of hydrogen-bond donors (Lipinski definition) is 0. The van der Waals surface area contributed by atoms with Crippen LogP contribution in [0.2, 0.25) is 0 Å². The van der Waals surface area contributed by atoms with Crippen molar-refractivity contribution in [2.45, 2.75) is 38.2 Å². The van der Waals surface area contributed by atoms with E-state index in [9.17, 15) is 31.2 Å². The Kier molecular flexibility index (Phi) is 6.34. The molecule has 2 rings (SSSR count). The summed E-state index contributed by atoms with van der Waals surface area (Å²) >= 11 is 0. The van der Waals surface area contributed by atoms with Gasteiger partial charge in [0.25, 0.3) is 0 Å². The molecule has 27 heavy (non-hydrogen) atoms. The standard InChI is InChI=1S/C16H19F3N2O5S/c1-2-26-15(23)21(27(24,25)16(17,18)19)13-8-4-3-7-12(13)11-20-10-6-5-9-14(20)22/h3-4,7-8H,2,5-6,9-11H2,1H3. The number of ether oxygens (including phenoxy) is 1. The predicted octanol–water partition coefficient (Wildman–Crippen LogP) is 3.01. The molecule has 1 fully saturated rings. The molecule has 150 valence electrons. The van der Waals surface area contributed by atoms with Crippen LogP contribution in [0, 0.1) is 0 Å². The summed E-state index contributed by atoms with van der Waals surface area (Å²) in [5.74, 6) is -0.183. The van der Waals surface area contributed by atoms with Gasteiger partial charge in [0.2, 0.25) is 5.91 Å². The van der Waals surface area contributed by atoms with Crippen molar-refractivity contribution in [3.8, 4) is 0 Å². The molecule has 1 aromatic rings. The molecule has 0 aromatic heterocycles. The Morgan fingerprint density at radius 3 is 2.52 bits per heavy atom. The molecule has 1 saturated heterocycles. The van der Waals surface area contributed by atoms with Crippen LogP contribution < -0.4 is 4.31 Å². The Labute approximate surface area is 154 Å². The zero-order chi connectivity index (χ0) is 20.2. The van der Waals surface area contributed by atoms with Gasteiger partial charge in [-0.25, -0.2) is 4.79 Å². The van der Waals surface area contributed by atoms with Crippen molar-refractivity contribution < 1.29 is 35.9 Å². The molecule has 0 bridgehead atoms. The highest BCUT2D eigenvalue weighted by Gasteiger charge is 2.53. The Bertz CT molecular complexity index is 811. The van der Waals surface area contributed by atoms with E-state index in [1.165, 1.54) is 30.0 Å².